The second kappa shape index (κ2) is 26.0. The third-order valence-electron chi connectivity index (χ3n) is 7.59. The zero-order chi connectivity index (χ0) is 32.6. The highest BCUT2D eigenvalue weighted by Gasteiger charge is 2.48. The van der Waals surface area contributed by atoms with E-state index < -0.39 is 30.6 Å². The first-order valence-corrected chi connectivity index (χ1v) is 17.2. The normalized spacial score (nSPS) is 24.1. The van der Waals surface area contributed by atoms with Crippen molar-refractivity contribution in [2.75, 3.05) is 46.4 Å². The maximum atomic E-state index is 12.3. The summed E-state index contributed by atoms with van der Waals surface area (Å²) in [6, 6.07) is -0.567. The van der Waals surface area contributed by atoms with E-state index in [1.807, 2.05) is 13.8 Å². The van der Waals surface area contributed by atoms with Crippen LogP contribution in [-0.4, -0.2) is 101 Å². The molecule has 1 amide bonds. The van der Waals surface area contributed by atoms with Crippen LogP contribution < -0.4 is 5.32 Å². The highest BCUT2D eigenvalue weighted by atomic mass is 16.7. The van der Waals surface area contributed by atoms with Crippen molar-refractivity contribution < 1.29 is 42.7 Å². The lowest BCUT2D eigenvalue weighted by molar-refractivity contribution is -0.294. The van der Waals surface area contributed by atoms with E-state index in [2.05, 4.69) is 39.6 Å². The molecule has 0 saturated carbocycles. The van der Waals surface area contributed by atoms with Crippen molar-refractivity contribution in [2.45, 2.75) is 155 Å². The number of nitrogens with one attached hydrogen (secondary N) is 1. The van der Waals surface area contributed by atoms with E-state index in [9.17, 15) is 4.79 Å². The topological polar surface area (TPSA) is 103 Å². The molecule has 260 valence electrons. The van der Waals surface area contributed by atoms with Gasteiger partial charge in [0.25, 0.3) is 0 Å². The monoisotopic (exact) mass is 631 g/mol. The molecule has 0 aromatic heterocycles. The molecule has 0 radical (unpaired) electrons. The molecule has 1 aliphatic rings. The lowest BCUT2D eigenvalue weighted by Gasteiger charge is -2.46. The molecule has 0 aliphatic carbocycles. The molecule has 8 atom stereocenters. The van der Waals surface area contributed by atoms with Crippen LogP contribution in [0, 0.1) is 0 Å². The van der Waals surface area contributed by atoms with Crippen LogP contribution in [0.3, 0.4) is 0 Å². The van der Waals surface area contributed by atoms with Gasteiger partial charge < -0.3 is 43.2 Å². The molecule has 0 bridgehead atoms. The zero-order valence-electron chi connectivity index (χ0n) is 28.9. The van der Waals surface area contributed by atoms with Crippen LogP contribution >= 0.6 is 0 Å². The Morgan fingerprint density at radius 2 is 1.48 bits per heavy atom. The van der Waals surface area contributed by atoms with Gasteiger partial charge in [-0.3, -0.25) is 4.79 Å². The molecule has 10 heteroatoms. The Morgan fingerprint density at radius 3 is 2.09 bits per heavy atom. The van der Waals surface area contributed by atoms with Gasteiger partial charge in [0.1, 0.15) is 37.3 Å². The summed E-state index contributed by atoms with van der Waals surface area (Å²) in [5.41, 5.74) is 0. The SMILES string of the molecule is C=CCO[C@@H]1[C@H](NC(C)=O)C(OCCCC)OC(CC)[C@H]1OCOC(COCCCC)[C@@H](OCCCC)C(C)OCCCC. The van der Waals surface area contributed by atoms with Gasteiger partial charge in [-0.2, -0.15) is 0 Å². The minimum Gasteiger partial charge on any atom is -0.379 e. The van der Waals surface area contributed by atoms with Crippen LogP contribution in [0.25, 0.3) is 0 Å². The van der Waals surface area contributed by atoms with Gasteiger partial charge in [-0.05, 0) is 39.0 Å². The summed E-state index contributed by atoms with van der Waals surface area (Å²) in [4.78, 5) is 12.3. The van der Waals surface area contributed by atoms with E-state index >= 15 is 0 Å². The van der Waals surface area contributed by atoms with Gasteiger partial charge in [0, 0.05) is 33.4 Å². The third kappa shape index (κ3) is 15.9. The van der Waals surface area contributed by atoms with Gasteiger partial charge in [-0.15, -0.1) is 6.58 Å². The van der Waals surface area contributed by atoms with Crippen molar-refractivity contribution in [1.29, 1.82) is 0 Å². The van der Waals surface area contributed by atoms with Gasteiger partial charge >= 0.3 is 0 Å². The van der Waals surface area contributed by atoms with Crippen LogP contribution in [0.1, 0.15) is 106 Å². The van der Waals surface area contributed by atoms with Crippen molar-refractivity contribution in [3.63, 3.8) is 0 Å². The number of ether oxygens (including phenoxy) is 8. The zero-order valence-corrected chi connectivity index (χ0v) is 28.9. The average Bonchev–Trinajstić information content (AvgIpc) is 3.01. The Balaban J connectivity index is 3.16. The standard InChI is InChI=1S/C34H65NO9/c1-9-15-20-37-24-29(31(40-22-17-11-3)26(7)38-21-16-10-2)42-25-43-32-28(14-6)44-34(41-23-18-12-4)30(35-27(8)36)33(32)39-19-13-5/h13,26,28-34H,5,9-12,14-25H2,1-4,6-8H3,(H,35,36)/t26?,28?,29?,30-,31-,32+,33+,34?/m0/s1. The van der Waals surface area contributed by atoms with Crippen LogP contribution in [0.2, 0.25) is 0 Å². The van der Waals surface area contributed by atoms with Crippen molar-refractivity contribution in [3.05, 3.63) is 12.7 Å². The molecule has 1 heterocycles. The molecule has 1 fully saturated rings. The molecule has 1 saturated heterocycles. The second-order valence-corrected chi connectivity index (χ2v) is 11.5. The lowest BCUT2D eigenvalue weighted by Crippen LogP contribution is -2.65. The average molecular weight is 632 g/mol. The smallest absolute Gasteiger partial charge is 0.217 e. The Morgan fingerprint density at radius 1 is 0.841 bits per heavy atom. The van der Waals surface area contributed by atoms with E-state index in [0.29, 0.717) is 39.5 Å². The number of amides is 1. The third-order valence-corrected chi connectivity index (χ3v) is 7.59. The van der Waals surface area contributed by atoms with Gasteiger partial charge in [0.15, 0.2) is 6.29 Å². The van der Waals surface area contributed by atoms with Crippen LogP contribution in [-0.2, 0) is 42.7 Å². The first-order valence-electron chi connectivity index (χ1n) is 17.2. The molecular formula is C34H65NO9. The molecule has 0 aromatic rings. The Bertz CT molecular complexity index is 712. The van der Waals surface area contributed by atoms with Gasteiger partial charge in [-0.25, -0.2) is 0 Å². The minimum atomic E-state index is -0.664. The number of carbonyl (C=O) groups excluding carboxylic acids is 1. The molecule has 1 N–H and O–H groups in total. The fourth-order valence-electron chi connectivity index (χ4n) is 4.99. The summed E-state index contributed by atoms with van der Waals surface area (Å²) in [6.07, 6.45) is 7.27. The lowest BCUT2D eigenvalue weighted by atomic mass is 9.94. The molecule has 1 aliphatic heterocycles. The quantitative estimate of drug-likeness (QED) is 0.0638. The molecule has 0 spiro atoms. The summed E-state index contributed by atoms with van der Waals surface area (Å²) in [5, 5.41) is 2.99. The largest absolute Gasteiger partial charge is 0.379 e. The predicted octanol–water partition coefficient (Wildman–Crippen LogP) is 5.95. The van der Waals surface area contributed by atoms with E-state index in [4.69, 9.17) is 37.9 Å². The van der Waals surface area contributed by atoms with Crippen molar-refractivity contribution >= 4 is 5.91 Å². The summed E-state index contributed by atoms with van der Waals surface area (Å²) < 4.78 is 50.1. The van der Waals surface area contributed by atoms with E-state index in [-0.39, 0.29) is 37.6 Å². The predicted molar refractivity (Wildman–Crippen MR) is 173 cm³/mol. The van der Waals surface area contributed by atoms with Crippen LogP contribution in [0.4, 0.5) is 0 Å². The van der Waals surface area contributed by atoms with Crippen LogP contribution in [0.15, 0.2) is 12.7 Å². The molecule has 4 unspecified atom stereocenters. The van der Waals surface area contributed by atoms with Crippen molar-refractivity contribution in [1.82, 2.24) is 5.32 Å². The van der Waals surface area contributed by atoms with Gasteiger partial charge in [0.05, 0.1) is 25.4 Å². The van der Waals surface area contributed by atoms with Crippen molar-refractivity contribution in [2.24, 2.45) is 0 Å². The molecule has 0 aromatic carbocycles. The fraction of sp³-hybridized carbons (Fsp3) is 0.912. The number of hydrogen-bond acceptors (Lipinski definition) is 9. The van der Waals surface area contributed by atoms with Crippen molar-refractivity contribution in [3.8, 4) is 0 Å². The number of rotatable bonds is 28. The number of hydrogen-bond donors (Lipinski definition) is 1. The highest BCUT2D eigenvalue weighted by Crippen LogP contribution is 2.29. The summed E-state index contributed by atoms with van der Waals surface area (Å²) in [7, 11) is 0. The summed E-state index contributed by atoms with van der Waals surface area (Å²) in [6.45, 7) is 20.9. The van der Waals surface area contributed by atoms with E-state index in [0.717, 1.165) is 51.4 Å². The fourth-order valence-corrected chi connectivity index (χ4v) is 4.99. The Kier molecular flexibility index (Phi) is 24.2. The van der Waals surface area contributed by atoms with E-state index in [1.54, 1.807) is 6.08 Å². The summed E-state index contributed by atoms with van der Waals surface area (Å²) >= 11 is 0. The number of unbranched alkanes of at least 4 members (excludes halogenated alkanes) is 4. The van der Waals surface area contributed by atoms with Crippen LogP contribution in [0.5, 0.6) is 0 Å². The maximum Gasteiger partial charge on any atom is 0.217 e. The Labute approximate surface area is 268 Å². The number of carbonyl (C=O) groups is 1. The van der Waals surface area contributed by atoms with Gasteiger partial charge in [0.2, 0.25) is 5.91 Å². The molecule has 10 nitrogen and oxygen atoms in total. The first-order chi connectivity index (χ1) is 21.4. The Hall–Kier alpha value is -1.11. The second-order valence-electron chi connectivity index (χ2n) is 11.5. The molecular weight excluding hydrogens is 566 g/mol. The molecule has 44 heavy (non-hydrogen) atoms. The maximum absolute atomic E-state index is 12.3. The minimum absolute atomic E-state index is 0.0379. The first kappa shape index (κ1) is 40.9. The summed E-state index contributed by atoms with van der Waals surface area (Å²) in [5.74, 6) is -0.201. The molecule has 1 rings (SSSR count). The van der Waals surface area contributed by atoms with Gasteiger partial charge in [-0.1, -0.05) is 66.4 Å². The van der Waals surface area contributed by atoms with E-state index in [1.165, 1.54) is 6.92 Å². The highest BCUT2D eigenvalue weighted by molar-refractivity contribution is 5.73.